The monoisotopic (exact) mass is 323 g/mol. The Labute approximate surface area is 110 Å². The molecule has 0 saturated carbocycles. The van der Waals surface area contributed by atoms with Crippen LogP contribution in [-0.2, 0) is 10.3 Å². The molecule has 1 aromatic rings. The van der Waals surface area contributed by atoms with Crippen molar-refractivity contribution in [3.63, 3.8) is 0 Å². The summed E-state index contributed by atoms with van der Waals surface area (Å²) in [5.41, 5.74) is -7.13. The Balaban J connectivity index is 2.87. The number of halogens is 9. The minimum absolute atomic E-state index is 0.441. The first-order valence-electron chi connectivity index (χ1n) is 4.91. The van der Waals surface area contributed by atoms with Crippen LogP contribution in [0.25, 0.3) is 0 Å². The van der Waals surface area contributed by atoms with Crippen molar-refractivity contribution in [3.05, 3.63) is 29.1 Å². The molecule has 0 atom stereocenters. The molecular formula is C9HBF9O2-. The zero-order chi connectivity index (χ0) is 16.2. The fraction of sp³-hybridized carbons (Fsp3) is 0.333. The van der Waals surface area contributed by atoms with Crippen LogP contribution in [0.1, 0.15) is 5.56 Å². The molecule has 0 N–H and O–H groups in total. The van der Waals surface area contributed by atoms with Crippen LogP contribution in [0.15, 0.2) is 6.07 Å². The van der Waals surface area contributed by atoms with Crippen LogP contribution in [0.2, 0.25) is 0 Å². The van der Waals surface area contributed by atoms with Gasteiger partial charge in [0.2, 0.25) is 5.60 Å². The molecule has 1 aliphatic rings. The third-order valence-corrected chi connectivity index (χ3v) is 2.69. The topological polar surface area (TPSA) is 18.5 Å². The zero-order valence-electron chi connectivity index (χ0n) is 9.37. The summed E-state index contributed by atoms with van der Waals surface area (Å²) in [7, 11) is -0.441. The van der Waals surface area contributed by atoms with Crippen LogP contribution in [0.5, 0.6) is 5.75 Å². The van der Waals surface area contributed by atoms with Crippen LogP contribution in [0.3, 0.4) is 0 Å². The van der Waals surface area contributed by atoms with Crippen molar-refractivity contribution in [1.82, 2.24) is 0 Å². The molecule has 0 saturated heterocycles. The molecule has 0 fully saturated rings. The van der Waals surface area contributed by atoms with E-state index in [1.165, 1.54) is 0 Å². The lowest BCUT2D eigenvalue weighted by molar-refractivity contribution is -0.370. The van der Waals surface area contributed by atoms with Crippen LogP contribution < -0.4 is 4.65 Å². The standard InChI is InChI=1S/C9HBF9O2/c11-3-1-2-6(5(13)4(3)12)20-10-21-7(2,8(14,15)16)9(17,18)19/h1H/q-1. The van der Waals surface area contributed by atoms with Crippen molar-refractivity contribution in [2.24, 2.45) is 0 Å². The Hall–Kier alpha value is -1.59. The minimum Gasteiger partial charge on any atom is -0.739 e. The highest BCUT2D eigenvalue weighted by Crippen LogP contribution is 2.56. The lowest BCUT2D eigenvalue weighted by Gasteiger charge is -2.48. The molecule has 1 heterocycles. The first kappa shape index (κ1) is 15.8. The number of hydrogen-bond acceptors (Lipinski definition) is 2. The molecule has 1 aliphatic heterocycles. The minimum atomic E-state index is -6.14. The van der Waals surface area contributed by atoms with Crippen molar-refractivity contribution < 1.29 is 48.8 Å². The van der Waals surface area contributed by atoms with Gasteiger partial charge in [0, 0.05) is 5.56 Å². The molecule has 12 heteroatoms. The highest BCUT2D eigenvalue weighted by molar-refractivity contribution is 6.20. The number of fused-ring (bicyclic) bond motifs is 1. The highest BCUT2D eigenvalue weighted by Gasteiger charge is 2.72. The van der Waals surface area contributed by atoms with E-state index in [4.69, 9.17) is 0 Å². The maximum atomic E-state index is 13.3. The third-order valence-electron chi connectivity index (χ3n) is 2.69. The van der Waals surface area contributed by atoms with Crippen molar-refractivity contribution in [2.75, 3.05) is 0 Å². The van der Waals surface area contributed by atoms with E-state index in [-0.39, 0.29) is 0 Å². The third kappa shape index (κ3) is 2.03. The van der Waals surface area contributed by atoms with Crippen molar-refractivity contribution >= 4 is 7.69 Å². The fourth-order valence-corrected chi connectivity index (χ4v) is 1.76. The first-order chi connectivity index (χ1) is 9.43. The van der Waals surface area contributed by atoms with Gasteiger partial charge in [-0.15, -0.1) is 0 Å². The predicted octanol–water partition coefficient (Wildman–Crippen LogP) is 3.37. The second kappa shape index (κ2) is 4.45. The zero-order valence-corrected chi connectivity index (χ0v) is 9.37. The van der Waals surface area contributed by atoms with Crippen LogP contribution in [0.4, 0.5) is 39.5 Å². The summed E-state index contributed by atoms with van der Waals surface area (Å²) in [6.07, 6.45) is -12.3. The predicted molar refractivity (Wildman–Crippen MR) is 47.6 cm³/mol. The van der Waals surface area contributed by atoms with Gasteiger partial charge < -0.3 is 9.31 Å². The molecule has 1 aromatic carbocycles. The molecule has 0 aromatic heterocycles. The fourth-order valence-electron chi connectivity index (χ4n) is 1.76. The van der Waals surface area contributed by atoms with Crippen LogP contribution in [0, 0.1) is 17.5 Å². The van der Waals surface area contributed by atoms with Gasteiger partial charge in [-0.2, -0.15) is 30.7 Å². The Morgan fingerprint density at radius 1 is 0.905 bits per heavy atom. The smallest absolute Gasteiger partial charge is 0.427 e. The van der Waals surface area contributed by atoms with Gasteiger partial charge in [-0.3, -0.25) is 0 Å². The normalized spacial score (nSPS) is 18.1. The van der Waals surface area contributed by atoms with E-state index < -0.39 is 60.5 Å². The average molecular weight is 323 g/mol. The van der Waals surface area contributed by atoms with Gasteiger partial charge in [0.15, 0.2) is 17.5 Å². The SMILES string of the molecule is Fc1cc2c(c(F)c1F)O[B-]OC2(C(F)(F)F)C(F)(F)F. The maximum absolute atomic E-state index is 13.3. The lowest BCUT2D eigenvalue weighted by Crippen LogP contribution is -2.59. The quantitative estimate of drug-likeness (QED) is 0.414. The summed E-state index contributed by atoms with van der Waals surface area (Å²) in [5.74, 6) is -8.61. The Kier molecular flexibility index (Phi) is 3.35. The lowest BCUT2D eigenvalue weighted by atomic mass is 9.87. The molecule has 0 spiro atoms. The van der Waals surface area contributed by atoms with Gasteiger partial charge in [0.05, 0.1) is 7.69 Å². The second-order valence-corrected chi connectivity index (χ2v) is 3.87. The molecule has 2 radical (unpaired) electrons. The highest BCUT2D eigenvalue weighted by atomic mass is 19.4. The molecule has 2 nitrogen and oxygen atoms in total. The summed E-state index contributed by atoms with van der Waals surface area (Å²) >= 11 is 0. The van der Waals surface area contributed by atoms with E-state index in [0.29, 0.717) is 0 Å². The summed E-state index contributed by atoms with van der Waals surface area (Å²) in [6.45, 7) is 0. The van der Waals surface area contributed by atoms with Crippen LogP contribution in [-0.4, -0.2) is 20.0 Å². The largest absolute Gasteiger partial charge is 0.739 e. The van der Waals surface area contributed by atoms with E-state index in [0.717, 1.165) is 0 Å². The van der Waals surface area contributed by atoms with Crippen LogP contribution >= 0.6 is 0 Å². The number of alkyl halides is 6. The Morgan fingerprint density at radius 2 is 1.43 bits per heavy atom. The average Bonchev–Trinajstić information content (AvgIpc) is 2.32. The van der Waals surface area contributed by atoms with E-state index >= 15 is 0 Å². The van der Waals surface area contributed by atoms with Gasteiger partial charge in [-0.05, 0) is 6.07 Å². The van der Waals surface area contributed by atoms with E-state index in [1.54, 1.807) is 0 Å². The number of hydrogen-bond donors (Lipinski definition) is 0. The number of benzene rings is 1. The van der Waals surface area contributed by atoms with E-state index in [9.17, 15) is 39.5 Å². The molecule has 116 valence electrons. The molecular weight excluding hydrogens is 322 g/mol. The van der Waals surface area contributed by atoms with Gasteiger partial charge in [0.1, 0.15) is 5.75 Å². The number of rotatable bonds is 0. The summed E-state index contributed by atoms with van der Waals surface area (Å²) < 4.78 is 124. The summed E-state index contributed by atoms with van der Waals surface area (Å²) in [4.78, 5) is 0. The molecule has 0 amide bonds. The molecule has 21 heavy (non-hydrogen) atoms. The molecule has 0 bridgehead atoms. The molecule has 0 aliphatic carbocycles. The summed E-state index contributed by atoms with van der Waals surface area (Å²) in [5, 5.41) is 0. The van der Waals surface area contributed by atoms with Gasteiger partial charge >= 0.3 is 12.4 Å². The molecule has 0 unspecified atom stereocenters. The van der Waals surface area contributed by atoms with E-state index in [2.05, 4.69) is 9.31 Å². The maximum Gasteiger partial charge on any atom is 0.427 e. The Bertz CT molecular complexity index is 566. The van der Waals surface area contributed by atoms with Gasteiger partial charge in [0.25, 0.3) is 0 Å². The van der Waals surface area contributed by atoms with Gasteiger partial charge in [-0.25, -0.2) is 8.78 Å². The van der Waals surface area contributed by atoms with Gasteiger partial charge in [-0.1, -0.05) is 0 Å². The Morgan fingerprint density at radius 3 is 1.90 bits per heavy atom. The van der Waals surface area contributed by atoms with Crippen molar-refractivity contribution in [1.29, 1.82) is 0 Å². The van der Waals surface area contributed by atoms with Crippen molar-refractivity contribution in [3.8, 4) is 5.75 Å². The summed E-state index contributed by atoms with van der Waals surface area (Å²) in [6, 6.07) is -0.471. The molecule has 2 rings (SSSR count). The van der Waals surface area contributed by atoms with Crippen molar-refractivity contribution in [2.45, 2.75) is 18.0 Å². The first-order valence-corrected chi connectivity index (χ1v) is 4.91. The second-order valence-electron chi connectivity index (χ2n) is 3.87. The van der Waals surface area contributed by atoms with E-state index in [1.807, 2.05) is 0 Å².